The van der Waals surface area contributed by atoms with Gasteiger partial charge in [-0.15, -0.1) is 5.10 Å². The van der Waals surface area contributed by atoms with Gasteiger partial charge in [0.15, 0.2) is 0 Å². The van der Waals surface area contributed by atoms with Crippen LogP contribution >= 0.6 is 27.7 Å². The third kappa shape index (κ3) is 6.37. The molecule has 0 spiro atoms. The fourth-order valence-corrected chi connectivity index (χ4v) is 5.49. The van der Waals surface area contributed by atoms with Crippen LogP contribution in [0.1, 0.15) is 43.0 Å². The summed E-state index contributed by atoms with van der Waals surface area (Å²) in [4.78, 5) is 18.4. The van der Waals surface area contributed by atoms with E-state index in [1.165, 1.54) is 0 Å². The molecule has 9 heteroatoms. The van der Waals surface area contributed by atoms with Crippen LogP contribution in [-0.2, 0) is 11.4 Å². The van der Waals surface area contributed by atoms with Crippen molar-refractivity contribution in [2.45, 2.75) is 45.0 Å². The summed E-state index contributed by atoms with van der Waals surface area (Å²) in [5, 5.41) is 11.8. The number of thioether (sulfide) groups is 1. The maximum absolute atomic E-state index is 13.7. The number of hydrogen-bond donors (Lipinski definition) is 2. The van der Waals surface area contributed by atoms with Crippen LogP contribution in [0.15, 0.2) is 93.7 Å². The minimum absolute atomic E-state index is 0.187. The second-order valence-electron chi connectivity index (χ2n) is 9.39. The van der Waals surface area contributed by atoms with Crippen molar-refractivity contribution in [1.29, 1.82) is 0 Å². The number of amides is 1. The number of aryl methyl sites for hydroxylation is 1. The Morgan fingerprint density at radius 3 is 2.59 bits per heavy atom. The van der Waals surface area contributed by atoms with Gasteiger partial charge in [0.25, 0.3) is 5.91 Å². The normalized spacial score (nSPS) is 14.5. The number of nitrogens with zero attached hydrogens (tertiary/aromatic N) is 3. The molecule has 0 saturated carbocycles. The number of carbonyl (C=O) groups excluding carboxylic acids is 1. The average molecular weight is 605 g/mol. The highest BCUT2D eigenvalue weighted by molar-refractivity contribution is 9.10. The maximum Gasteiger partial charge on any atom is 0.255 e. The lowest BCUT2D eigenvalue weighted by Gasteiger charge is -2.28. The Balaban J connectivity index is 1.44. The van der Waals surface area contributed by atoms with Gasteiger partial charge in [0.1, 0.15) is 18.4 Å². The smallest absolute Gasteiger partial charge is 0.255 e. The molecule has 0 fully saturated rings. The lowest BCUT2D eigenvalue weighted by Crippen LogP contribution is -2.31. The number of nitrogens with one attached hydrogen (secondary N) is 2. The van der Waals surface area contributed by atoms with Crippen molar-refractivity contribution in [3.63, 3.8) is 0 Å². The van der Waals surface area contributed by atoms with E-state index in [4.69, 9.17) is 14.8 Å². The Labute approximate surface area is 241 Å². The zero-order valence-electron chi connectivity index (χ0n) is 22.1. The van der Waals surface area contributed by atoms with Crippen LogP contribution in [-0.4, -0.2) is 26.4 Å². The van der Waals surface area contributed by atoms with Crippen LogP contribution < -0.4 is 15.4 Å². The molecule has 2 N–H and O–H groups in total. The molecule has 2 heterocycles. The summed E-state index contributed by atoms with van der Waals surface area (Å²) in [5.74, 6) is 2.11. The number of ether oxygens (including phenoxy) is 1. The number of rotatable bonds is 9. The second-order valence-corrected chi connectivity index (χ2v) is 11.4. The van der Waals surface area contributed by atoms with Gasteiger partial charge in [-0.3, -0.25) is 4.79 Å². The molecule has 1 aliphatic rings. The fraction of sp³-hybridized carbons (Fsp3) is 0.233. The molecular formula is C30H30BrN5O2S. The van der Waals surface area contributed by atoms with Gasteiger partial charge in [-0.05, 0) is 67.8 Å². The van der Waals surface area contributed by atoms with Gasteiger partial charge in [-0.25, -0.2) is 4.68 Å². The molecule has 0 aliphatic carbocycles. The number of anilines is 2. The molecule has 5 rings (SSSR count). The van der Waals surface area contributed by atoms with Gasteiger partial charge >= 0.3 is 0 Å². The molecular weight excluding hydrogens is 574 g/mol. The largest absolute Gasteiger partial charge is 0.489 e. The number of allylic oxidation sites excluding steroid dienone is 1. The SMILES string of the molecule is CCCSc1nc2n(n1)C(c1ccc(OCc3cccc(Br)c3)cc1)C(C(=O)Nc1ccc(C)cc1)=C(C)N2. The minimum Gasteiger partial charge on any atom is -0.489 e. The van der Waals surface area contributed by atoms with Crippen LogP contribution in [0.4, 0.5) is 11.6 Å². The van der Waals surface area contributed by atoms with E-state index >= 15 is 0 Å². The molecule has 39 heavy (non-hydrogen) atoms. The van der Waals surface area contributed by atoms with E-state index in [0.29, 0.717) is 23.3 Å². The van der Waals surface area contributed by atoms with E-state index in [0.717, 1.165) is 50.5 Å². The van der Waals surface area contributed by atoms with Crippen LogP contribution in [0.25, 0.3) is 0 Å². The molecule has 1 atom stereocenters. The van der Waals surface area contributed by atoms with Crippen molar-refractivity contribution in [2.24, 2.45) is 0 Å². The lowest BCUT2D eigenvalue weighted by atomic mass is 9.95. The number of hydrogen-bond acceptors (Lipinski definition) is 6. The summed E-state index contributed by atoms with van der Waals surface area (Å²) in [5.41, 5.74) is 5.19. The average Bonchev–Trinajstić information content (AvgIpc) is 3.34. The third-order valence-electron chi connectivity index (χ3n) is 6.31. The summed E-state index contributed by atoms with van der Waals surface area (Å²) in [7, 11) is 0. The van der Waals surface area contributed by atoms with Gasteiger partial charge in [0.05, 0.1) is 5.57 Å². The highest BCUT2D eigenvalue weighted by Crippen LogP contribution is 2.37. The van der Waals surface area contributed by atoms with Crippen LogP contribution in [0.2, 0.25) is 0 Å². The molecule has 7 nitrogen and oxygen atoms in total. The molecule has 200 valence electrons. The van der Waals surface area contributed by atoms with E-state index in [2.05, 4.69) is 33.5 Å². The summed E-state index contributed by atoms with van der Waals surface area (Å²) in [6.07, 6.45) is 1.02. The van der Waals surface area contributed by atoms with Crippen LogP contribution in [0, 0.1) is 6.92 Å². The predicted octanol–water partition coefficient (Wildman–Crippen LogP) is 7.36. The van der Waals surface area contributed by atoms with Gasteiger partial charge in [-0.1, -0.05) is 76.6 Å². The third-order valence-corrected chi connectivity index (χ3v) is 7.85. The predicted molar refractivity (Wildman–Crippen MR) is 160 cm³/mol. The zero-order valence-corrected chi connectivity index (χ0v) is 24.5. The van der Waals surface area contributed by atoms with Gasteiger partial charge < -0.3 is 15.4 Å². The number of aromatic nitrogens is 3. The Kier molecular flexibility index (Phi) is 8.38. The van der Waals surface area contributed by atoms with E-state index in [-0.39, 0.29) is 5.91 Å². The molecule has 0 saturated heterocycles. The lowest BCUT2D eigenvalue weighted by molar-refractivity contribution is -0.113. The molecule has 0 bridgehead atoms. The van der Waals surface area contributed by atoms with Crippen molar-refractivity contribution >= 4 is 45.2 Å². The van der Waals surface area contributed by atoms with E-state index in [1.807, 2.05) is 91.3 Å². The van der Waals surface area contributed by atoms with Crippen molar-refractivity contribution in [2.75, 3.05) is 16.4 Å². The van der Waals surface area contributed by atoms with Gasteiger partial charge in [0, 0.05) is 21.6 Å². The Bertz CT molecular complexity index is 1500. The standard InChI is InChI=1S/C30H30BrN5O2S/c1-4-16-39-30-34-29-32-20(3)26(28(37)33-24-12-8-19(2)9-13-24)27(36(29)35-30)22-10-14-25(15-11-22)38-18-21-6-5-7-23(31)17-21/h5-15,17,27H,4,16,18H2,1-3H3,(H,33,37)(H,32,34,35). The van der Waals surface area contributed by atoms with Gasteiger partial charge in [0.2, 0.25) is 11.1 Å². The highest BCUT2D eigenvalue weighted by atomic mass is 79.9. The molecule has 1 unspecified atom stereocenters. The highest BCUT2D eigenvalue weighted by Gasteiger charge is 2.34. The Hall–Kier alpha value is -3.56. The Morgan fingerprint density at radius 1 is 1.10 bits per heavy atom. The van der Waals surface area contributed by atoms with Crippen molar-refractivity contribution in [3.05, 3.63) is 105 Å². The van der Waals surface area contributed by atoms with E-state index < -0.39 is 6.04 Å². The minimum atomic E-state index is -0.450. The number of fused-ring (bicyclic) bond motifs is 1. The summed E-state index contributed by atoms with van der Waals surface area (Å²) in [6.45, 7) is 6.51. The number of carbonyl (C=O) groups is 1. The molecule has 1 aromatic heterocycles. The number of halogens is 1. The van der Waals surface area contributed by atoms with Crippen LogP contribution in [0.5, 0.6) is 5.75 Å². The fourth-order valence-electron chi connectivity index (χ4n) is 4.36. The quantitative estimate of drug-likeness (QED) is 0.195. The molecule has 0 radical (unpaired) electrons. The summed E-state index contributed by atoms with van der Waals surface area (Å²) < 4.78 is 8.86. The van der Waals surface area contributed by atoms with E-state index in [1.54, 1.807) is 11.8 Å². The first kappa shape index (κ1) is 27.0. The molecule has 1 aliphatic heterocycles. The Morgan fingerprint density at radius 2 is 1.87 bits per heavy atom. The molecule has 1 amide bonds. The topological polar surface area (TPSA) is 81.1 Å². The maximum atomic E-state index is 13.7. The molecule has 4 aromatic rings. The van der Waals surface area contributed by atoms with Crippen molar-refractivity contribution in [3.8, 4) is 5.75 Å². The second kappa shape index (κ2) is 12.1. The zero-order chi connectivity index (χ0) is 27.4. The first-order chi connectivity index (χ1) is 18.9. The van der Waals surface area contributed by atoms with Crippen LogP contribution in [0.3, 0.4) is 0 Å². The van der Waals surface area contributed by atoms with Gasteiger partial charge in [-0.2, -0.15) is 4.98 Å². The first-order valence-electron chi connectivity index (χ1n) is 12.8. The number of benzene rings is 3. The molecule has 3 aromatic carbocycles. The first-order valence-corrected chi connectivity index (χ1v) is 14.6. The van der Waals surface area contributed by atoms with E-state index in [9.17, 15) is 4.79 Å². The summed E-state index contributed by atoms with van der Waals surface area (Å²) >= 11 is 5.11. The van der Waals surface area contributed by atoms with Crippen molar-refractivity contribution < 1.29 is 9.53 Å². The monoisotopic (exact) mass is 603 g/mol. The van der Waals surface area contributed by atoms with Crippen molar-refractivity contribution in [1.82, 2.24) is 14.8 Å². The summed E-state index contributed by atoms with van der Waals surface area (Å²) in [6, 6.07) is 23.2.